The van der Waals surface area contributed by atoms with E-state index in [0.29, 0.717) is 28.7 Å². The monoisotopic (exact) mass is 311 g/mol. The zero-order chi connectivity index (χ0) is 15.5. The summed E-state index contributed by atoms with van der Waals surface area (Å²) in [6.45, 7) is 4.54. The van der Waals surface area contributed by atoms with Gasteiger partial charge < -0.3 is 4.74 Å². The first-order chi connectivity index (χ1) is 10.5. The Morgan fingerprint density at radius 3 is 2.45 bits per heavy atom. The molecule has 0 spiro atoms. The van der Waals surface area contributed by atoms with Crippen molar-refractivity contribution < 1.29 is 9.53 Å². The lowest BCUT2D eigenvalue weighted by atomic mass is 10.0. The van der Waals surface area contributed by atoms with Gasteiger partial charge in [0.2, 0.25) is 5.90 Å². The van der Waals surface area contributed by atoms with Crippen LogP contribution in [0.25, 0.3) is 11.1 Å². The highest BCUT2D eigenvalue weighted by Crippen LogP contribution is 2.42. The van der Waals surface area contributed by atoms with E-state index in [1.807, 2.05) is 44.2 Å². The van der Waals surface area contributed by atoms with E-state index in [-0.39, 0.29) is 11.3 Å². The second-order valence-electron chi connectivity index (χ2n) is 6.24. The minimum atomic E-state index is -0.260. The maximum atomic E-state index is 12.8. The fourth-order valence-electron chi connectivity index (χ4n) is 3.03. The average Bonchev–Trinajstić information content (AvgIpc) is 2.99. The Bertz CT molecular complexity index is 852. The molecule has 0 amide bonds. The summed E-state index contributed by atoms with van der Waals surface area (Å²) in [7, 11) is 0. The normalized spacial score (nSPS) is 17.8. The van der Waals surface area contributed by atoms with E-state index in [1.54, 1.807) is 6.07 Å². The smallest absolute Gasteiger partial charge is 0.217 e. The molecule has 0 N–H and O–H groups in total. The molecule has 0 atom stereocenters. The Kier molecular flexibility index (Phi) is 2.73. The van der Waals surface area contributed by atoms with Crippen molar-refractivity contribution in [3.8, 4) is 11.1 Å². The number of halogens is 1. The molecule has 22 heavy (non-hydrogen) atoms. The van der Waals surface area contributed by atoms with Crippen molar-refractivity contribution in [2.24, 2.45) is 4.99 Å². The van der Waals surface area contributed by atoms with Gasteiger partial charge in [0.25, 0.3) is 0 Å². The lowest BCUT2D eigenvalue weighted by Gasteiger charge is -2.07. The van der Waals surface area contributed by atoms with Crippen LogP contribution < -0.4 is 0 Å². The first-order valence-electron chi connectivity index (χ1n) is 7.17. The molecule has 2 aromatic carbocycles. The lowest BCUT2D eigenvalue weighted by Crippen LogP contribution is -2.17. The molecular weight excluding hydrogens is 298 g/mol. The summed E-state index contributed by atoms with van der Waals surface area (Å²) in [6.07, 6.45) is 0. The van der Waals surface area contributed by atoms with Crippen LogP contribution in [0.1, 0.15) is 35.3 Å². The van der Waals surface area contributed by atoms with Crippen molar-refractivity contribution in [3.05, 3.63) is 58.1 Å². The average molecular weight is 312 g/mol. The van der Waals surface area contributed by atoms with E-state index in [4.69, 9.17) is 16.3 Å². The standard InChI is InChI=1S/C18H14ClNO2/c1-18(2)9-22-17(20-18)12-7-3-5-10-14-11(16(21)15(10)12)6-4-8-13(14)19/h3-8H,9H2,1-2H3. The highest BCUT2D eigenvalue weighted by molar-refractivity contribution is 6.37. The Balaban J connectivity index is 1.96. The summed E-state index contributed by atoms with van der Waals surface area (Å²) in [5.41, 5.74) is 3.45. The van der Waals surface area contributed by atoms with Gasteiger partial charge in [-0.25, -0.2) is 4.99 Å². The van der Waals surface area contributed by atoms with Gasteiger partial charge in [0.1, 0.15) is 6.61 Å². The van der Waals surface area contributed by atoms with E-state index >= 15 is 0 Å². The van der Waals surface area contributed by atoms with E-state index in [9.17, 15) is 4.79 Å². The predicted octanol–water partition coefficient (Wildman–Crippen LogP) is 4.11. The molecule has 0 saturated carbocycles. The summed E-state index contributed by atoms with van der Waals surface area (Å²) < 4.78 is 5.72. The number of fused-ring (bicyclic) bond motifs is 3. The zero-order valence-electron chi connectivity index (χ0n) is 12.3. The minimum absolute atomic E-state index is 0.0147. The van der Waals surface area contributed by atoms with E-state index in [1.165, 1.54) is 0 Å². The number of hydrogen-bond acceptors (Lipinski definition) is 3. The Hall–Kier alpha value is -2.13. The Morgan fingerprint density at radius 2 is 1.73 bits per heavy atom. The number of carbonyl (C=O) groups is 1. The fraction of sp³-hybridized carbons (Fsp3) is 0.222. The number of hydrogen-bond donors (Lipinski definition) is 0. The topological polar surface area (TPSA) is 38.7 Å². The molecule has 2 aromatic rings. The maximum absolute atomic E-state index is 12.8. The molecule has 0 aromatic heterocycles. The second-order valence-corrected chi connectivity index (χ2v) is 6.64. The predicted molar refractivity (Wildman–Crippen MR) is 86.9 cm³/mol. The molecule has 2 aliphatic rings. The number of ether oxygens (including phenoxy) is 1. The van der Waals surface area contributed by atoms with Crippen molar-refractivity contribution in [3.63, 3.8) is 0 Å². The van der Waals surface area contributed by atoms with Crippen molar-refractivity contribution in [1.29, 1.82) is 0 Å². The lowest BCUT2D eigenvalue weighted by molar-refractivity contribution is 0.104. The molecule has 0 unspecified atom stereocenters. The first kappa shape index (κ1) is 13.5. The van der Waals surface area contributed by atoms with Gasteiger partial charge in [-0.15, -0.1) is 0 Å². The molecule has 1 aliphatic heterocycles. The van der Waals surface area contributed by atoms with Gasteiger partial charge in [0.05, 0.1) is 5.54 Å². The molecule has 4 rings (SSSR count). The molecule has 4 heteroatoms. The molecule has 1 aliphatic carbocycles. The molecule has 0 fully saturated rings. The van der Waals surface area contributed by atoms with E-state index in [2.05, 4.69) is 4.99 Å². The van der Waals surface area contributed by atoms with Gasteiger partial charge >= 0.3 is 0 Å². The fourth-order valence-corrected chi connectivity index (χ4v) is 3.30. The molecule has 1 heterocycles. The van der Waals surface area contributed by atoms with Crippen molar-refractivity contribution >= 4 is 23.3 Å². The molecule has 0 bridgehead atoms. The summed E-state index contributed by atoms with van der Waals surface area (Å²) in [5, 5.41) is 0.594. The highest BCUT2D eigenvalue weighted by atomic mass is 35.5. The van der Waals surface area contributed by atoms with Gasteiger partial charge in [-0.05, 0) is 31.5 Å². The van der Waals surface area contributed by atoms with Crippen LogP contribution >= 0.6 is 11.6 Å². The van der Waals surface area contributed by atoms with Crippen molar-refractivity contribution in [2.75, 3.05) is 6.61 Å². The Labute approximate surface area is 133 Å². The number of rotatable bonds is 1. The Morgan fingerprint density at radius 1 is 1.05 bits per heavy atom. The highest BCUT2D eigenvalue weighted by Gasteiger charge is 2.35. The van der Waals surface area contributed by atoms with Gasteiger partial charge in [0.15, 0.2) is 5.78 Å². The molecular formula is C18H14ClNO2. The summed E-state index contributed by atoms with van der Waals surface area (Å²) in [6, 6.07) is 11.1. The van der Waals surface area contributed by atoms with Crippen LogP contribution in [0.2, 0.25) is 5.02 Å². The SMILES string of the molecule is CC1(C)COC(c2cccc3c2C(=O)c2cccc(Cl)c2-3)=N1. The summed E-state index contributed by atoms with van der Waals surface area (Å²) in [5.74, 6) is 0.526. The largest absolute Gasteiger partial charge is 0.475 e. The van der Waals surface area contributed by atoms with Gasteiger partial charge in [-0.1, -0.05) is 35.9 Å². The quantitative estimate of drug-likeness (QED) is 0.678. The van der Waals surface area contributed by atoms with Crippen LogP contribution in [0.4, 0.5) is 0 Å². The third kappa shape index (κ3) is 1.82. The van der Waals surface area contributed by atoms with Crippen LogP contribution in [-0.2, 0) is 4.74 Å². The maximum Gasteiger partial charge on any atom is 0.217 e. The molecule has 0 radical (unpaired) electrons. The third-order valence-corrected chi connectivity index (χ3v) is 4.33. The molecule has 110 valence electrons. The van der Waals surface area contributed by atoms with Gasteiger partial charge in [-0.3, -0.25) is 4.79 Å². The zero-order valence-corrected chi connectivity index (χ0v) is 13.1. The third-order valence-electron chi connectivity index (χ3n) is 4.02. The van der Waals surface area contributed by atoms with Crippen LogP contribution in [0.5, 0.6) is 0 Å². The number of benzene rings is 2. The van der Waals surface area contributed by atoms with E-state index < -0.39 is 0 Å². The van der Waals surface area contributed by atoms with Crippen LogP contribution in [0.3, 0.4) is 0 Å². The van der Waals surface area contributed by atoms with Crippen LogP contribution in [0.15, 0.2) is 41.4 Å². The number of aliphatic imine (C=N–C) groups is 1. The van der Waals surface area contributed by atoms with Crippen molar-refractivity contribution in [1.82, 2.24) is 0 Å². The van der Waals surface area contributed by atoms with Crippen LogP contribution in [-0.4, -0.2) is 23.8 Å². The number of carbonyl (C=O) groups excluding carboxylic acids is 1. The molecule has 0 saturated heterocycles. The first-order valence-corrected chi connectivity index (χ1v) is 7.55. The van der Waals surface area contributed by atoms with Crippen molar-refractivity contribution in [2.45, 2.75) is 19.4 Å². The second kappa shape index (κ2) is 4.43. The molecule has 3 nitrogen and oxygen atoms in total. The number of ketones is 1. The minimum Gasteiger partial charge on any atom is -0.475 e. The van der Waals surface area contributed by atoms with Crippen LogP contribution in [0, 0.1) is 0 Å². The number of nitrogens with zero attached hydrogens (tertiary/aromatic N) is 1. The summed E-state index contributed by atoms with van der Waals surface area (Å²) in [4.78, 5) is 17.4. The van der Waals surface area contributed by atoms with Gasteiger partial charge in [-0.2, -0.15) is 0 Å². The van der Waals surface area contributed by atoms with Gasteiger partial charge in [0, 0.05) is 27.3 Å². The van der Waals surface area contributed by atoms with E-state index in [0.717, 1.165) is 16.7 Å². The summed E-state index contributed by atoms with van der Waals surface area (Å²) >= 11 is 6.31.